The SMILES string of the molecule is CN=C(NCC(C)c1ccc(F)c(F)c1)NC1CCN(c2ccccc2)CC1.I. The van der Waals surface area contributed by atoms with Crippen molar-refractivity contribution in [1.29, 1.82) is 0 Å². The van der Waals surface area contributed by atoms with Crippen molar-refractivity contribution in [1.82, 2.24) is 10.6 Å². The Hall–Kier alpha value is -1.90. The van der Waals surface area contributed by atoms with Gasteiger partial charge in [0, 0.05) is 38.4 Å². The third kappa shape index (κ3) is 6.55. The molecule has 1 atom stereocenters. The number of guanidine groups is 1. The smallest absolute Gasteiger partial charge is 0.191 e. The molecule has 4 nitrogen and oxygen atoms in total. The topological polar surface area (TPSA) is 39.7 Å². The lowest BCUT2D eigenvalue weighted by Gasteiger charge is -2.34. The highest BCUT2D eigenvalue weighted by Gasteiger charge is 2.20. The molecule has 29 heavy (non-hydrogen) atoms. The largest absolute Gasteiger partial charge is 0.371 e. The average molecular weight is 514 g/mol. The maximum absolute atomic E-state index is 13.4. The lowest BCUT2D eigenvalue weighted by atomic mass is 10.0. The standard InChI is InChI=1S/C22H28F2N4.HI/c1-16(17-8-9-20(23)21(24)14-17)15-26-22(25-2)27-18-10-12-28(13-11-18)19-6-4-3-5-7-19;/h3-9,14,16,18H,10-13,15H2,1-2H3,(H2,25,26,27);1H. The summed E-state index contributed by atoms with van der Waals surface area (Å²) >= 11 is 0. The molecule has 0 bridgehead atoms. The van der Waals surface area contributed by atoms with Gasteiger partial charge in [0.15, 0.2) is 17.6 Å². The summed E-state index contributed by atoms with van der Waals surface area (Å²) in [5, 5.41) is 6.78. The summed E-state index contributed by atoms with van der Waals surface area (Å²) < 4.78 is 26.5. The number of benzene rings is 2. The molecular weight excluding hydrogens is 485 g/mol. The number of hydrogen-bond acceptors (Lipinski definition) is 2. The van der Waals surface area contributed by atoms with E-state index in [0.717, 1.165) is 37.5 Å². The highest BCUT2D eigenvalue weighted by molar-refractivity contribution is 14.0. The van der Waals surface area contributed by atoms with E-state index in [0.29, 0.717) is 12.6 Å². The molecule has 2 N–H and O–H groups in total. The monoisotopic (exact) mass is 514 g/mol. The number of nitrogens with zero attached hydrogens (tertiary/aromatic N) is 2. The van der Waals surface area contributed by atoms with Crippen molar-refractivity contribution < 1.29 is 8.78 Å². The van der Waals surface area contributed by atoms with Gasteiger partial charge in [-0.3, -0.25) is 4.99 Å². The Bertz CT molecular complexity index is 793. The van der Waals surface area contributed by atoms with Crippen molar-refractivity contribution in [2.75, 3.05) is 31.6 Å². The normalized spacial score (nSPS) is 16.1. The van der Waals surface area contributed by atoms with Gasteiger partial charge < -0.3 is 15.5 Å². The number of halogens is 3. The summed E-state index contributed by atoms with van der Waals surface area (Å²) in [6.07, 6.45) is 2.07. The second kappa shape index (κ2) is 11.3. The quantitative estimate of drug-likeness (QED) is 0.350. The van der Waals surface area contributed by atoms with Crippen LogP contribution in [0.1, 0.15) is 31.2 Å². The van der Waals surface area contributed by atoms with E-state index in [9.17, 15) is 8.78 Å². The second-order valence-corrected chi connectivity index (χ2v) is 7.27. The summed E-state index contributed by atoms with van der Waals surface area (Å²) in [5.74, 6) is -0.846. The van der Waals surface area contributed by atoms with Crippen LogP contribution in [0, 0.1) is 11.6 Å². The molecule has 0 aliphatic carbocycles. The Morgan fingerprint density at radius 1 is 1.10 bits per heavy atom. The van der Waals surface area contributed by atoms with Crippen LogP contribution in [0.15, 0.2) is 53.5 Å². The molecule has 1 heterocycles. The Morgan fingerprint density at radius 2 is 1.79 bits per heavy atom. The predicted octanol–water partition coefficient (Wildman–Crippen LogP) is 4.52. The maximum atomic E-state index is 13.4. The molecule has 1 unspecified atom stereocenters. The molecule has 1 fully saturated rings. The van der Waals surface area contributed by atoms with Crippen molar-refractivity contribution >= 4 is 35.6 Å². The Kier molecular flexibility index (Phi) is 9.13. The molecule has 3 rings (SSSR count). The lowest BCUT2D eigenvalue weighted by Crippen LogP contribution is -2.49. The van der Waals surface area contributed by atoms with E-state index in [4.69, 9.17) is 0 Å². The zero-order chi connectivity index (χ0) is 19.9. The molecule has 0 aromatic heterocycles. The van der Waals surface area contributed by atoms with Crippen LogP contribution in [0.2, 0.25) is 0 Å². The molecule has 0 saturated carbocycles. The van der Waals surface area contributed by atoms with Crippen LogP contribution in [0.4, 0.5) is 14.5 Å². The predicted molar refractivity (Wildman–Crippen MR) is 126 cm³/mol. The van der Waals surface area contributed by atoms with E-state index in [1.165, 1.54) is 17.8 Å². The summed E-state index contributed by atoms with van der Waals surface area (Å²) in [6.45, 7) is 4.58. The summed E-state index contributed by atoms with van der Waals surface area (Å²) in [4.78, 5) is 6.71. The first kappa shape index (κ1) is 23.4. The first-order valence-electron chi connectivity index (χ1n) is 9.79. The summed E-state index contributed by atoms with van der Waals surface area (Å²) in [7, 11) is 1.75. The summed E-state index contributed by atoms with van der Waals surface area (Å²) in [5.41, 5.74) is 2.03. The number of piperidine rings is 1. The molecule has 2 aromatic rings. The number of nitrogens with one attached hydrogen (secondary N) is 2. The van der Waals surface area contributed by atoms with E-state index in [-0.39, 0.29) is 29.9 Å². The average Bonchev–Trinajstić information content (AvgIpc) is 2.74. The zero-order valence-corrected chi connectivity index (χ0v) is 19.2. The molecule has 1 aliphatic rings. The van der Waals surface area contributed by atoms with Gasteiger partial charge in [0.2, 0.25) is 0 Å². The van der Waals surface area contributed by atoms with Gasteiger partial charge in [0.25, 0.3) is 0 Å². The third-order valence-electron chi connectivity index (χ3n) is 5.27. The van der Waals surface area contributed by atoms with Crippen molar-refractivity contribution in [3.8, 4) is 0 Å². The minimum Gasteiger partial charge on any atom is -0.371 e. The first-order chi connectivity index (χ1) is 13.6. The first-order valence-corrected chi connectivity index (χ1v) is 9.79. The van der Waals surface area contributed by atoms with Gasteiger partial charge in [-0.05, 0) is 48.6 Å². The van der Waals surface area contributed by atoms with Crippen molar-refractivity contribution in [2.45, 2.75) is 31.7 Å². The number of anilines is 1. The van der Waals surface area contributed by atoms with Gasteiger partial charge in [-0.15, -0.1) is 24.0 Å². The fourth-order valence-corrected chi connectivity index (χ4v) is 3.50. The molecule has 0 radical (unpaired) electrons. The highest BCUT2D eigenvalue weighted by atomic mass is 127. The fourth-order valence-electron chi connectivity index (χ4n) is 3.50. The van der Waals surface area contributed by atoms with E-state index in [2.05, 4.69) is 44.8 Å². The van der Waals surface area contributed by atoms with Gasteiger partial charge in [-0.2, -0.15) is 0 Å². The number of hydrogen-bond donors (Lipinski definition) is 2. The van der Waals surface area contributed by atoms with E-state index in [1.54, 1.807) is 13.1 Å². The zero-order valence-electron chi connectivity index (χ0n) is 16.9. The van der Waals surface area contributed by atoms with Crippen LogP contribution in [-0.4, -0.2) is 38.7 Å². The van der Waals surface area contributed by atoms with Crippen molar-refractivity contribution in [2.24, 2.45) is 4.99 Å². The molecule has 0 amide bonds. The number of rotatable bonds is 5. The molecule has 1 aliphatic heterocycles. The van der Waals surface area contributed by atoms with Crippen LogP contribution in [0.3, 0.4) is 0 Å². The third-order valence-corrected chi connectivity index (χ3v) is 5.27. The van der Waals surface area contributed by atoms with Crippen LogP contribution in [0.5, 0.6) is 0 Å². The Labute approximate surface area is 188 Å². The molecule has 1 saturated heterocycles. The van der Waals surface area contributed by atoms with Gasteiger partial charge in [-0.1, -0.05) is 31.2 Å². The van der Waals surface area contributed by atoms with Crippen molar-refractivity contribution in [3.05, 3.63) is 65.7 Å². The number of aliphatic imine (C=N–C) groups is 1. The fraction of sp³-hybridized carbons (Fsp3) is 0.409. The molecule has 0 spiro atoms. The second-order valence-electron chi connectivity index (χ2n) is 7.27. The van der Waals surface area contributed by atoms with Crippen LogP contribution >= 0.6 is 24.0 Å². The minimum atomic E-state index is -0.816. The van der Waals surface area contributed by atoms with Crippen molar-refractivity contribution in [3.63, 3.8) is 0 Å². The van der Waals surface area contributed by atoms with E-state index in [1.807, 2.05) is 13.0 Å². The Balaban J connectivity index is 0.00000300. The highest BCUT2D eigenvalue weighted by Crippen LogP contribution is 2.20. The van der Waals surface area contributed by atoms with Gasteiger partial charge in [0.1, 0.15) is 0 Å². The van der Waals surface area contributed by atoms with E-state index < -0.39 is 11.6 Å². The van der Waals surface area contributed by atoms with Crippen LogP contribution in [-0.2, 0) is 0 Å². The lowest BCUT2D eigenvalue weighted by molar-refractivity contribution is 0.460. The van der Waals surface area contributed by atoms with Crippen LogP contribution in [0.25, 0.3) is 0 Å². The van der Waals surface area contributed by atoms with Gasteiger partial charge >= 0.3 is 0 Å². The minimum absolute atomic E-state index is 0. The number of para-hydroxylation sites is 1. The Morgan fingerprint density at radius 3 is 2.41 bits per heavy atom. The maximum Gasteiger partial charge on any atom is 0.191 e. The van der Waals surface area contributed by atoms with Gasteiger partial charge in [0.05, 0.1) is 0 Å². The molecule has 2 aromatic carbocycles. The molecule has 158 valence electrons. The molecule has 7 heteroatoms. The van der Waals surface area contributed by atoms with Crippen LogP contribution < -0.4 is 15.5 Å². The summed E-state index contributed by atoms with van der Waals surface area (Å²) in [6, 6.07) is 14.9. The van der Waals surface area contributed by atoms with Gasteiger partial charge in [-0.25, -0.2) is 8.78 Å². The molecular formula is C22H29F2IN4. The van der Waals surface area contributed by atoms with E-state index >= 15 is 0 Å².